The Kier molecular flexibility index (Phi) is 3.21. The van der Waals surface area contributed by atoms with Gasteiger partial charge in [-0.15, -0.1) is 0 Å². The van der Waals surface area contributed by atoms with Crippen LogP contribution in [-0.4, -0.2) is 16.7 Å². The first-order valence-electron chi connectivity index (χ1n) is 6.21. The van der Waals surface area contributed by atoms with Crippen molar-refractivity contribution < 1.29 is 9.13 Å². The van der Waals surface area contributed by atoms with E-state index in [1.54, 1.807) is 24.7 Å². The van der Waals surface area contributed by atoms with Gasteiger partial charge in [-0.2, -0.15) is 0 Å². The van der Waals surface area contributed by atoms with E-state index in [0.717, 1.165) is 11.3 Å². The fourth-order valence-corrected chi connectivity index (χ4v) is 2.19. The Balaban J connectivity index is 2.14. The third-order valence-corrected chi connectivity index (χ3v) is 3.13. The summed E-state index contributed by atoms with van der Waals surface area (Å²) >= 11 is 0. The number of nitrogens with zero attached hydrogens (tertiary/aromatic N) is 2. The van der Waals surface area contributed by atoms with Crippen molar-refractivity contribution in [1.82, 2.24) is 9.55 Å². The quantitative estimate of drug-likeness (QED) is 0.724. The topological polar surface area (TPSA) is 27.1 Å². The molecular weight excluding hydrogens is 255 g/mol. The molecule has 1 aromatic heterocycles. The molecule has 4 heteroatoms. The predicted molar refractivity (Wildman–Crippen MR) is 75.5 cm³/mol. The summed E-state index contributed by atoms with van der Waals surface area (Å²) in [5.41, 5.74) is 2.16. The van der Waals surface area contributed by atoms with Crippen LogP contribution in [0, 0.1) is 5.82 Å². The number of imidazole rings is 1. The zero-order chi connectivity index (χ0) is 13.9. The van der Waals surface area contributed by atoms with Gasteiger partial charge in [0.25, 0.3) is 0 Å². The lowest BCUT2D eigenvalue weighted by molar-refractivity contribution is 0.413. The van der Waals surface area contributed by atoms with E-state index >= 15 is 0 Å². The molecule has 0 aliphatic carbocycles. The summed E-state index contributed by atoms with van der Waals surface area (Å²) in [4.78, 5) is 4.02. The van der Waals surface area contributed by atoms with Gasteiger partial charge in [0.2, 0.25) is 0 Å². The van der Waals surface area contributed by atoms with E-state index in [4.69, 9.17) is 4.74 Å². The molecule has 0 bridgehead atoms. The van der Waals surface area contributed by atoms with E-state index in [1.807, 2.05) is 35.0 Å². The van der Waals surface area contributed by atoms with Gasteiger partial charge in [-0.1, -0.05) is 18.2 Å². The Morgan fingerprint density at radius 2 is 2.00 bits per heavy atom. The van der Waals surface area contributed by atoms with Crippen LogP contribution in [0.2, 0.25) is 0 Å². The average molecular weight is 268 g/mol. The molecule has 0 radical (unpaired) electrons. The molecule has 0 amide bonds. The van der Waals surface area contributed by atoms with Crippen molar-refractivity contribution in [2.75, 3.05) is 7.11 Å². The number of hydrogen-bond donors (Lipinski definition) is 0. The van der Waals surface area contributed by atoms with Crippen LogP contribution in [0.3, 0.4) is 0 Å². The summed E-state index contributed by atoms with van der Waals surface area (Å²) in [6.07, 6.45) is 5.26. The molecule has 0 N–H and O–H groups in total. The highest BCUT2D eigenvalue weighted by atomic mass is 19.1. The van der Waals surface area contributed by atoms with Crippen LogP contribution in [0.5, 0.6) is 5.75 Å². The van der Waals surface area contributed by atoms with Crippen molar-refractivity contribution in [3.05, 3.63) is 67.0 Å². The molecule has 0 aliphatic rings. The third kappa shape index (κ3) is 2.16. The van der Waals surface area contributed by atoms with Crippen molar-refractivity contribution >= 4 is 0 Å². The molecule has 0 saturated carbocycles. The molecule has 3 aromatic rings. The second-order valence-corrected chi connectivity index (χ2v) is 4.34. The number of benzene rings is 2. The largest absolute Gasteiger partial charge is 0.496 e. The molecule has 0 spiro atoms. The maximum Gasteiger partial charge on any atom is 0.134 e. The molecule has 3 rings (SSSR count). The zero-order valence-corrected chi connectivity index (χ0v) is 11.0. The van der Waals surface area contributed by atoms with Gasteiger partial charge in [-0.05, 0) is 29.8 Å². The normalized spacial score (nSPS) is 10.5. The molecule has 0 fully saturated rings. The van der Waals surface area contributed by atoms with Gasteiger partial charge in [-0.3, -0.25) is 0 Å². The number of hydrogen-bond acceptors (Lipinski definition) is 2. The van der Waals surface area contributed by atoms with Gasteiger partial charge < -0.3 is 9.30 Å². The van der Waals surface area contributed by atoms with Crippen LogP contribution >= 0.6 is 0 Å². The van der Waals surface area contributed by atoms with E-state index in [0.29, 0.717) is 11.3 Å². The van der Waals surface area contributed by atoms with Crippen LogP contribution in [0.4, 0.5) is 4.39 Å². The number of halogens is 1. The molecule has 100 valence electrons. The average Bonchev–Trinajstić information content (AvgIpc) is 3.01. The summed E-state index contributed by atoms with van der Waals surface area (Å²) in [7, 11) is 1.54. The number of methoxy groups -OCH3 is 1. The number of rotatable bonds is 3. The molecular formula is C16H13FN2O. The highest BCUT2D eigenvalue weighted by Gasteiger charge is 2.12. The summed E-state index contributed by atoms with van der Waals surface area (Å²) in [5.74, 6) is 0.222. The first-order valence-corrected chi connectivity index (χ1v) is 6.21. The van der Waals surface area contributed by atoms with E-state index < -0.39 is 0 Å². The van der Waals surface area contributed by atoms with Crippen molar-refractivity contribution in [2.45, 2.75) is 0 Å². The van der Waals surface area contributed by atoms with E-state index in [2.05, 4.69) is 4.98 Å². The van der Waals surface area contributed by atoms with Gasteiger partial charge in [-0.25, -0.2) is 9.37 Å². The van der Waals surface area contributed by atoms with Crippen molar-refractivity contribution in [3.8, 4) is 22.6 Å². The van der Waals surface area contributed by atoms with E-state index in [1.165, 1.54) is 13.2 Å². The lowest BCUT2D eigenvalue weighted by Crippen LogP contribution is -1.94. The number of aromatic nitrogens is 2. The van der Waals surface area contributed by atoms with Crippen molar-refractivity contribution in [3.63, 3.8) is 0 Å². The molecule has 0 atom stereocenters. The Morgan fingerprint density at radius 1 is 1.15 bits per heavy atom. The molecule has 0 aliphatic heterocycles. The Labute approximate surface area is 116 Å². The fourth-order valence-electron chi connectivity index (χ4n) is 2.19. The van der Waals surface area contributed by atoms with Crippen LogP contribution in [0.15, 0.2) is 61.2 Å². The van der Waals surface area contributed by atoms with Crippen molar-refractivity contribution in [2.24, 2.45) is 0 Å². The molecule has 1 heterocycles. The summed E-state index contributed by atoms with van der Waals surface area (Å²) in [6.45, 7) is 0. The maximum absolute atomic E-state index is 14.1. The Hall–Kier alpha value is -2.62. The number of ether oxygens (including phenoxy) is 1. The van der Waals surface area contributed by atoms with Crippen LogP contribution in [0.1, 0.15) is 0 Å². The maximum atomic E-state index is 14.1. The van der Waals surface area contributed by atoms with Crippen LogP contribution in [0.25, 0.3) is 16.8 Å². The summed E-state index contributed by atoms with van der Waals surface area (Å²) in [6, 6.07) is 12.4. The lowest BCUT2D eigenvalue weighted by Gasteiger charge is -2.11. The van der Waals surface area contributed by atoms with Gasteiger partial charge in [0.15, 0.2) is 0 Å². The minimum absolute atomic E-state index is 0.299. The van der Waals surface area contributed by atoms with Crippen molar-refractivity contribution in [1.29, 1.82) is 0 Å². The van der Waals surface area contributed by atoms with Gasteiger partial charge in [0.1, 0.15) is 11.6 Å². The van der Waals surface area contributed by atoms with Gasteiger partial charge >= 0.3 is 0 Å². The minimum Gasteiger partial charge on any atom is -0.496 e. The highest BCUT2D eigenvalue weighted by Crippen LogP contribution is 2.33. The van der Waals surface area contributed by atoms with E-state index in [9.17, 15) is 4.39 Å². The smallest absolute Gasteiger partial charge is 0.134 e. The molecule has 3 nitrogen and oxygen atoms in total. The molecule has 0 unspecified atom stereocenters. The standard InChI is InChI=1S/C16H13FN2O/c1-20-15-7-3-6-14(17)16(15)12-4-2-5-13(10-12)19-9-8-18-11-19/h2-11H,1H3. The fraction of sp³-hybridized carbons (Fsp3) is 0.0625. The van der Waals surface area contributed by atoms with E-state index in [-0.39, 0.29) is 5.82 Å². The third-order valence-electron chi connectivity index (χ3n) is 3.13. The van der Waals surface area contributed by atoms with Crippen LogP contribution in [-0.2, 0) is 0 Å². The molecule has 2 aromatic carbocycles. The second kappa shape index (κ2) is 5.17. The van der Waals surface area contributed by atoms with Gasteiger partial charge in [0, 0.05) is 18.1 Å². The summed E-state index contributed by atoms with van der Waals surface area (Å²) < 4.78 is 21.2. The minimum atomic E-state index is -0.299. The first kappa shape index (κ1) is 12.4. The SMILES string of the molecule is COc1cccc(F)c1-c1cccc(-n2ccnc2)c1. The van der Waals surface area contributed by atoms with Gasteiger partial charge in [0.05, 0.1) is 19.0 Å². The zero-order valence-electron chi connectivity index (χ0n) is 11.0. The molecule has 20 heavy (non-hydrogen) atoms. The highest BCUT2D eigenvalue weighted by molar-refractivity contribution is 5.72. The van der Waals surface area contributed by atoms with Crippen LogP contribution < -0.4 is 4.74 Å². The lowest BCUT2D eigenvalue weighted by atomic mass is 10.0. The molecule has 0 saturated heterocycles. The predicted octanol–water partition coefficient (Wildman–Crippen LogP) is 3.69. The Bertz CT molecular complexity index is 723. The first-order chi connectivity index (χ1) is 9.79. The monoisotopic (exact) mass is 268 g/mol. The summed E-state index contributed by atoms with van der Waals surface area (Å²) in [5, 5.41) is 0. The second-order valence-electron chi connectivity index (χ2n) is 4.34. The Morgan fingerprint density at radius 3 is 2.75 bits per heavy atom.